The van der Waals surface area contributed by atoms with Crippen LogP contribution in [-0.2, 0) is 20.8 Å². The number of rotatable bonds is 7. The number of ether oxygens (including phenoxy) is 1. The van der Waals surface area contributed by atoms with E-state index in [-0.39, 0.29) is 17.3 Å². The van der Waals surface area contributed by atoms with E-state index in [4.69, 9.17) is 4.74 Å². The highest BCUT2D eigenvalue weighted by atomic mass is 32.2. The van der Waals surface area contributed by atoms with E-state index in [1.807, 2.05) is 0 Å². The lowest BCUT2D eigenvalue weighted by Gasteiger charge is -2.12. The van der Waals surface area contributed by atoms with Crippen LogP contribution in [0.5, 0.6) is 5.75 Å². The molecule has 1 aromatic carbocycles. The largest absolute Gasteiger partial charge is 0.497 e. The third-order valence-corrected chi connectivity index (χ3v) is 5.19. The lowest BCUT2D eigenvalue weighted by Crippen LogP contribution is -2.31. The number of hydrogen-bond donors (Lipinski definition) is 1. The number of carbonyl (C=O) groups excluding carboxylic acids is 1. The molecule has 0 saturated carbocycles. The van der Waals surface area contributed by atoms with Gasteiger partial charge in [-0.1, -0.05) is 0 Å². The molecule has 1 N–H and O–H groups in total. The van der Waals surface area contributed by atoms with E-state index in [9.17, 15) is 26.4 Å². The Morgan fingerprint density at radius 1 is 1.17 bits per heavy atom. The Balaban J connectivity index is 2.43. The maximum Gasteiger partial charge on any atom is 0.433 e. The number of carbonyl (C=O) groups is 1. The zero-order valence-corrected chi connectivity index (χ0v) is 16.8. The smallest absolute Gasteiger partial charge is 0.433 e. The molecular formula is C18H20F3N3O4S. The van der Waals surface area contributed by atoms with E-state index in [0.29, 0.717) is 11.8 Å². The Morgan fingerprint density at radius 2 is 1.79 bits per heavy atom. The number of nitrogens with zero attached hydrogens (tertiary/aromatic N) is 2. The number of methoxy groups -OCH3 is 1. The third kappa shape index (κ3) is 6.14. The minimum absolute atomic E-state index is 0.198. The summed E-state index contributed by atoms with van der Waals surface area (Å²) >= 11 is 0. The Morgan fingerprint density at radius 3 is 2.31 bits per heavy atom. The number of sulfone groups is 1. The Labute approximate surface area is 166 Å². The van der Waals surface area contributed by atoms with Gasteiger partial charge in [-0.15, -0.1) is 0 Å². The van der Waals surface area contributed by atoms with Gasteiger partial charge in [0.15, 0.2) is 0 Å². The topological polar surface area (TPSA) is 98.2 Å². The molecule has 0 radical (unpaired) electrons. The average Bonchev–Trinajstić information content (AvgIpc) is 2.65. The monoisotopic (exact) mass is 431 g/mol. The Bertz CT molecular complexity index is 975. The van der Waals surface area contributed by atoms with E-state index in [1.54, 1.807) is 13.8 Å². The van der Waals surface area contributed by atoms with Gasteiger partial charge in [0, 0.05) is 18.0 Å². The molecule has 0 bridgehead atoms. The summed E-state index contributed by atoms with van der Waals surface area (Å²) in [4.78, 5) is 18.7. The molecule has 2 rings (SSSR count). The normalized spacial score (nSPS) is 12.1. The summed E-state index contributed by atoms with van der Waals surface area (Å²) < 4.78 is 69.8. The van der Waals surface area contributed by atoms with Crippen LogP contribution in [-0.4, -0.2) is 43.2 Å². The number of halogens is 3. The van der Waals surface area contributed by atoms with Gasteiger partial charge in [0.05, 0.1) is 18.6 Å². The van der Waals surface area contributed by atoms with Gasteiger partial charge in [0.1, 0.15) is 11.4 Å². The highest BCUT2D eigenvalue weighted by molar-refractivity contribution is 7.91. The zero-order chi connectivity index (χ0) is 21.8. The molecule has 0 aliphatic heterocycles. The molecular weight excluding hydrogens is 411 g/mol. The second kappa shape index (κ2) is 8.76. The predicted octanol–water partition coefficient (Wildman–Crippen LogP) is 2.86. The van der Waals surface area contributed by atoms with Crippen molar-refractivity contribution >= 4 is 15.7 Å². The molecule has 0 spiro atoms. The molecule has 0 fully saturated rings. The fourth-order valence-electron chi connectivity index (χ4n) is 2.33. The van der Waals surface area contributed by atoms with E-state index in [0.717, 1.165) is 0 Å². The highest BCUT2D eigenvalue weighted by Gasteiger charge is 2.35. The van der Waals surface area contributed by atoms with Gasteiger partial charge in [-0.2, -0.15) is 13.2 Å². The van der Waals surface area contributed by atoms with E-state index >= 15 is 0 Å². The molecule has 1 aromatic heterocycles. The van der Waals surface area contributed by atoms with Crippen molar-refractivity contribution in [1.82, 2.24) is 15.3 Å². The molecule has 158 valence electrons. The summed E-state index contributed by atoms with van der Waals surface area (Å²) in [6.07, 6.45) is -5.29. The van der Waals surface area contributed by atoms with Crippen molar-refractivity contribution in [2.45, 2.75) is 37.6 Å². The molecule has 1 amide bonds. The van der Waals surface area contributed by atoms with E-state index in [1.165, 1.54) is 31.4 Å². The first kappa shape index (κ1) is 22.6. The van der Waals surface area contributed by atoms with Gasteiger partial charge in [0.2, 0.25) is 20.9 Å². The predicted molar refractivity (Wildman–Crippen MR) is 99.0 cm³/mol. The Kier molecular flexibility index (Phi) is 6.83. The van der Waals surface area contributed by atoms with Crippen LogP contribution in [0.15, 0.2) is 35.5 Å². The molecule has 0 saturated heterocycles. The minimum Gasteiger partial charge on any atom is -0.497 e. The summed E-state index contributed by atoms with van der Waals surface area (Å²) in [7, 11) is -2.89. The zero-order valence-electron chi connectivity index (χ0n) is 15.9. The number of alkyl halides is 3. The number of amides is 1. The van der Waals surface area contributed by atoms with Gasteiger partial charge in [-0.25, -0.2) is 18.4 Å². The molecule has 1 heterocycles. The van der Waals surface area contributed by atoms with Gasteiger partial charge >= 0.3 is 6.18 Å². The first-order valence-corrected chi connectivity index (χ1v) is 10.2. The highest BCUT2D eigenvalue weighted by Crippen LogP contribution is 2.31. The van der Waals surface area contributed by atoms with Crippen LogP contribution in [0.4, 0.5) is 13.2 Å². The quantitative estimate of drug-likeness (QED) is 0.677. The minimum atomic E-state index is -4.87. The molecule has 7 nitrogen and oxygen atoms in total. The van der Waals surface area contributed by atoms with Crippen molar-refractivity contribution < 1.29 is 31.1 Å². The molecule has 29 heavy (non-hydrogen) atoms. The van der Waals surface area contributed by atoms with Crippen LogP contribution in [0.3, 0.4) is 0 Å². The van der Waals surface area contributed by atoms with Crippen LogP contribution in [0.25, 0.3) is 11.3 Å². The maximum absolute atomic E-state index is 13.3. The fourth-order valence-corrected chi connectivity index (χ4v) is 3.44. The molecule has 11 heteroatoms. The maximum atomic E-state index is 13.3. The second-order valence-electron chi connectivity index (χ2n) is 6.44. The van der Waals surface area contributed by atoms with Crippen molar-refractivity contribution in [1.29, 1.82) is 0 Å². The lowest BCUT2D eigenvalue weighted by atomic mass is 10.1. The van der Waals surface area contributed by atoms with Gasteiger partial charge in [0.25, 0.3) is 0 Å². The molecule has 0 aliphatic rings. The standard InChI is InChI=1S/C18H20F3N3O4S/c1-11(2)22-16(25)8-9-29(26,27)17-23-14(10-15(24-17)18(19,20)21)12-4-6-13(28-3)7-5-12/h4-7,10-11H,8-9H2,1-3H3,(H,22,25). The average molecular weight is 431 g/mol. The summed E-state index contributed by atoms with van der Waals surface area (Å²) in [5.74, 6) is -0.775. The number of nitrogens with one attached hydrogen (secondary N) is 1. The second-order valence-corrected chi connectivity index (χ2v) is 8.44. The molecule has 0 unspecified atom stereocenters. The van der Waals surface area contributed by atoms with E-state index in [2.05, 4.69) is 15.3 Å². The summed E-state index contributed by atoms with van der Waals surface area (Å²) in [5.41, 5.74) is -1.34. The summed E-state index contributed by atoms with van der Waals surface area (Å²) in [5, 5.41) is 1.54. The first-order chi connectivity index (χ1) is 13.4. The van der Waals surface area contributed by atoms with Crippen LogP contribution in [0.2, 0.25) is 0 Å². The van der Waals surface area contributed by atoms with Gasteiger partial charge < -0.3 is 10.1 Å². The van der Waals surface area contributed by atoms with Crippen molar-refractivity contribution in [2.24, 2.45) is 0 Å². The van der Waals surface area contributed by atoms with Crippen molar-refractivity contribution in [3.05, 3.63) is 36.0 Å². The van der Waals surface area contributed by atoms with Gasteiger partial charge in [-0.05, 0) is 44.2 Å². The van der Waals surface area contributed by atoms with Crippen LogP contribution < -0.4 is 10.1 Å². The van der Waals surface area contributed by atoms with E-state index < -0.39 is 44.9 Å². The lowest BCUT2D eigenvalue weighted by molar-refractivity contribution is -0.141. The number of aromatic nitrogens is 2. The third-order valence-electron chi connectivity index (χ3n) is 3.71. The van der Waals surface area contributed by atoms with Crippen molar-refractivity contribution in [3.8, 4) is 17.0 Å². The fraction of sp³-hybridized carbons (Fsp3) is 0.389. The number of benzene rings is 1. The first-order valence-electron chi connectivity index (χ1n) is 8.55. The van der Waals surface area contributed by atoms with Crippen molar-refractivity contribution in [3.63, 3.8) is 0 Å². The van der Waals surface area contributed by atoms with Crippen molar-refractivity contribution in [2.75, 3.05) is 12.9 Å². The summed E-state index contributed by atoms with van der Waals surface area (Å²) in [6.45, 7) is 3.40. The van der Waals surface area contributed by atoms with Crippen LogP contribution in [0, 0.1) is 0 Å². The SMILES string of the molecule is COc1ccc(-c2cc(C(F)(F)F)nc(S(=O)(=O)CCC(=O)NC(C)C)n2)cc1. The van der Waals surface area contributed by atoms with Crippen LogP contribution >= 0.6 is 0 Å². The molecule has 0 aliphatic carbocycles. The summed E-state index contributed by atoms with van der Waals surface area (Å²) in [6, 6.07) is 6.40. The van der Waals surface area contributed by atoms with Gasteiger partial charge in [-0.3, -0.25) is 4.79 Å². The Hall–Kier alpha value is -2.69. The molecule has 2 aromatic rings. The number of hydrogen-bond acceptors (Lipinski definition) is 6. The molecule has 0 atom stereocenters. The van der Waals surface area contributed by atoms with Crippen LogP contribution in [0.1, 0.15) is 26.0 Å².